The van der Waals surface area contributed by atoms with Crippen molar-refractivity contribution in [1.29, 1.82) is 0 Å². The minimum Gasteiger partial charge on any atom is -0.484 e. The van der Waals surface area contributed by atoms with Crippen molar-refractivity contribution in [2.75, 3.05) is 6.61 Å². The Morgan fingerprint density at radius 2 is 1.70 bits per heavy atom. The number of rotatable bonds is 7. The number of hydrogen-bond acceptors (Lipinski definition) is 4. The Morgan fingerprint density at radius 1 is 1.07 bits per heavy atom. The molecule has 1 atom stereocenters. The van der Waals surface area contributed by atoms with Crippen LogP contribution in [0.4, 0.5) is 8.78 Å². The Balaban J connectivity index is 1.23. The highest BCUT2D eigenvalue weighted by Crippen LogP contribution is 2.60. The molecule has 0 heterocycles. The van der Waals surface area contributed by atoms with Gasteiger partial charge in [0.05, 0.1) is 5.02 Å². The molecule has 6 nitrogen and oxygen atoms in total. The van der Waals surface area contributed by atoms with E-state index in [4.69, 9.17) is 16.3 Å². The van der Waals surface area contributed by atoms with Gasteiger partial charge < -0.3 is 20.5 Å². The highest BCUT2D eigenvalue weighted by atomic mass is 35.5. The lowest BCUT2D eigenvalue weighted by Crippen LogP contribution is -2.84. The summed E-state index contributed by atoms with van der Waals surface area (Å²) in [6, 6.07) is 8.99. The second-order valence-electron chi connectivity index (χ2n) is 7.95. The van der Waals surface area contributed by atoms with Crippen molar-refractivity contribution in [2.45, 2.75) is 36.4 Å². The van der Waals surface area contributed by atoms with E-state index in [0.29, 0.717) is 24.8 Å². The third-order valence-electron chi connectivity index (χ3n) is 5.52. The van der Waals surface area contributed by atoms with Gasteiger partial charge in [0.25, 0.3) is 11.8 Å². The van der Waals surface area contributed by atoms with E-state index in [-0.39, 0.29) is 23.3 Å². The minimum atomic E-state index is -1.39. The van der Waals surface area contributed by atoms with E-state index in [2.05, 4.69) is 10.6 Å². The highest BCUT2D eigenvalue weighted by molar-refractivity contribution is 6.30. The maximum Gasteiger partial charge on any atom is 0.258 e. The number of amides is 2. The van der Waals surface area contributed by atoms with Crippen molar-refractivity contribution in [3.8, 4) is 5.75 Å². The normalized spacial score (nSPS) is 24.8. The Morgan fingerprint density at radius 3 is 2.33 bits per heavy atom. The van der Waals surface area contributed by atoms with E-state index < -0.39 is 34.7 Å². The zero-order valence-electron chi connectivity index (χ0n) is 15.8. The van der Waals surface area contributed by atoms with Crippen LogP contribution in [0.2, 0.25) is 5.02 Å². The summed E-state index contributed by atoms with van der Waals surface area (Å²) < 4.78 is 31.6. The summed E-state index contributed by atoms with van der Waals surface area (Å²) in [5.41, 5.74) is -0.551. The summed E-state index contributed by atoms with van der Waals surface area (Å²) >= 11 is 5.60. The molecular weight excluding hydrogens is 418 g/mol. The molecule has 2 aromatic rings. The van der Waals surface area contributed by atoms with E-state index in [1.807, 2.05) is 0 Å². The van der Waals surface area contributed by atoms with Crippen LogP contribution in [0.1, 0.15) is 30.9 Å². The van der Waals surface area contributed by atoms with Crippen LogP contribution in [0, 0.1) is 11.6 Å². The molecular formula is C21H19ClF2N2O4. The smallest absolute Gasteiger partial charge is 0.258 e. The monoisotopic (exact) mass is 436 g/mol. The molecule has 2 amide bonds. The molecule has 1 unspecified atom stereocenters. The first-order chi connectivity index (χ1) is 14.2. The number of benzene rings is 2. The topological polar surface area (TPSA) is 87.7 Å². The minimum absolute atomic E-state index is 0.0300. The van der Waals surface area contributed by atoms with Crippen molar-refractivity contribution in [2.24, 2.45) is 0 Å². The fourth-order valence-corrected chi connectivity index (χ4v) is 4.34. The number of carbonyl (C=O) groups is 2. The lowest BCUT2D eigenvalue weighted by atomic mass is 9.44. The summed E-state index contributed by atoms with van der Waals surface area (Å²) in [6.45, 7) is -0.272. The molecule has 0 aromatic heterocycles. The third kappa shape index (κ3) is 3.97. The van der Waals surface area contributed by atoms with Gasteiger partial charge in [-0.3, -0.25) is 9.59 Å². The Bertz CT molecular complexity index is 979. The first-order valence-electron chi connectivity index (χ1n) is 9.34. The van der Waals surface area contributed by atoms with Crippen molar-refractivity contribution in [3.63, 3.8) is 0 Å². The number of carbonyl (C=O) groups excluding carboxylic acids is 2. The maximum absolute atomic E-state index is 13.4. The summed E-state index contributed by atoms with van der Waals surface area (Å²) in [4.78, 5) is 24.4. The summed E-state index contributed by atoms with van der Waals surface area (Å²) in [5.74, 6) is -1.79. The molecule has 158 valence electrons. The van der Waals surface area contributed by atoms with Crippen LogP contribution in [0.3, 0.4) is 0 Å². The van der Waals surface area contributed by atoms with Crippen LogP contribution < -0.4 is 15.4 Å². The standard InChI is InChI=1S/C21H19ClF2N2O4/c22-15-6-5-14(7-16(15)24)30-8-17(27)25-20-9-21(10-20,11-20)26-19(29)18(28)12-1-3-13(23)4-2-12/h1-7,18,28H,8-11H2,(H,25,27)(H,26,29). The predicted octanol–water partition coefficient (Wildman–Crippen LogP) is 2.64. The van der Waals surface area contributed by atoms with Crippen molar-refractivity contribution < 1.29 is 28.2 Å². The van der Waals surface area contributed by atoms with Gasteiger partial charge in [-0.05, 0) is 49.1 Å². The van der Waals surface area contributed by atoms with Gasteiger partial charge in [0.15, 0.2) is 12.7 Å². The average molecular weight is 437 g/mol. The van der Waals surface area contributed by atoms with Crippen LogP contribution in [0.5, 0.6) is 5.75 Å². The van der Waals surface area contributed by atoms with Crippen LogP contribution in [-0.2, 0) is 9.59 Å². The summed E-state index contributed by atoms with van der Waals surface area (Å²) in [6.07, 6.45) is 0.244. The molecule has 3 aliphatic rings. The van der Waals surface area contributed by atoms with Gasteiger partial charge in [-0.15, -0.1) is 0 Å². The molecule has 5 rings (SSSR count). The van der Waals surface area contributed by atoms with Crippen molar-refractivity contribution in [3.05, 3.63) is 64.7 Å². The second kappa shape index (κ2) is 7.52. The predicted molar refractivity (Wildman–Crippen MR) is 104 cm³/mol. The SMILES string of the molecule is O=C(COc1ccc(Cl)c(F)c1)NC12CC(NC(=O)C(O)c3ccc(F)cc3)(C1)C2. The Hall–Kier alpha value is -2.71. The lowest BCUT2D eigenvalue weighted by Gasteiger charge is -2.70. The van der Waals surface area contributed by atoms with Gasteiger partial charge in [0.1, 0.15) is 17.4 Å². The van der Waals surface area contributed by atoms with E-state index in [1.54, 1.807) is 0 Å². The number of aliphatic hydroxyl groups is 1. The molecule has 9 heteroatoms. The number of halogens is 3. The molecule has 0 radical (unpaired) electrons. The second-order valence-corrected chi connectivity index (χ2v) is 8.35. The largest absolute Gasteiger partial charge is 0.484 e. The number of nitrogens with one attached hydrogen (secondary N) is 2. The first kappa shape index (κ1) is 20.6. The van der Waals surface area contributed by atoms with Gasteiger partial charge in [0.2, 0.25) is 0 Å². The first-order valence-corrected chi connectivity index (χ1v) is 9.72. The zero-order valence-corrected chi connectivity index (χ0v) is 16.5. The quantitative estimate of drug-likeness (QED) is 0.622. The van der Waals surface area contributed by atoms with Crippen LogP contribution in [0.25, 0.3) is 0 Å². The molecule has 0 spiro atoms. The van der Waals surface area contributed by atoms with E-state index in [0.717, 1.165) is 6.07 Å². The third-order valence-corrected chi connectivity index (χ3v) is 5.82. The van der Waals surface area contributed by atoms with Crippen LogP contribution >= 0.6 is 11.6 Å². The molecule has 2 aromatic carbocycles. The van der Waals surface area contributed by atoms with Gasteiger partial charge in [-0.2, -0.15) is 0 Å². The number of aliphatic hydroxyl groups excluding tert-OH is 1. The van der Waals surface area contributed by atoms with Crippen LogP contribution in [0.15, 0.2) is 42.5 Å². The summed E-state index contributed by atoms with van der Waals surface area (Å²) in [5, 5.41) is 15.8. The zero-order chi connectivity index (χ0) is 21.5. The van der Waals surface area contributed by atoms with Gasteiger partial charge in [-0.25, -0.2) is 8.78 Å². The molecule has 0 aliphatic heterocycles. The Kier molecular flexibility index (Phi) is 5.15. The van der Waals surface area contributed by atoms with Gasteiger partial charge in [0, 0.05) is 17.1 Å². The van der Waals surface area contributed by atoms with E-state index in [9.17, 15) is 23.5 Å². The molecule has 0 saturated heterocycles. The molecule has 3 saturated carbocycles. The van der Waals surface area contributed by atoms with E-state index in [1.165, 1.54) is 36.4 Å². The fraction of sp³-hybridized carbons (Fsp3) is 0.333. The highest BCUT2D eigenvalue weighted by Gasteiger charge is 2.69. The lowest BCUT2D eigenvalue weighted by molar-refractivity contribution is -0.154. The molecule has 30 heavy (non-hydrogen) atoms. The van der Waals surface area contributed by atoms with Gasteiger partial charge in [-0.1, -0.05) is 23.7 Å². The fourth-order valence-electron chi connectivity index (χ4n) is 4.23. The summed E-state index contributed by atoms with van der Waals surface area (Å²) in [7, 11) is 0. The number of ether oxygens (including phenoxy) is 1. The van der Waals surface area contributed by atoms with Crippen molar-refractivity contribution in [1.82, 2.24) is 10.6 Å². The molecule has 3 fully saturated rings. The molecule has 3 aliphatic carbocycles. The molecule has 2 bridgehead atoms. The van der Waals surface area contributed by atoms with Crippen LogP contribution in [-0.4, -0.2) is 34.6 Å². The van der Waals surface area contributed by atoms with Crippen molar-refractivity contribution >= 4 is 23.4 Å². The Labute approximate surface area is 176 Å². The van der Waals surface area contributed by atoms with Gasteiger partial charge >= 0.3 is 0 Å². The molecule has 3 N–H and O–H groups in total. The maximum atomic E-state index is 13.4. The number of hydrogen-bond donors (Lipinski definition) is 3. The average Bonchev–Trinajstić information content (AvgIpc) is 2.66. The van der Waals surface area contributed by atoms with E-state index >= 15 is 0 Å².